The van der Waals surface area contributed by atoms with Crippen molar-refractivity contribution in [3.63, 3.8) is 0 Å². The van der Waals surface area contributed by atoms with Crippen molar-refractivity contribution in [2.75, 3.05) is 19.0 Å². The molecule has 8 heteroatoms. The molecule has 28 heavy (non-hydrogen) atoms. The fraction of sp³-hybridized carbons (Fsp3) is 0.450. The second-order valence-corrected chi connectivity index (χ2v) is 8.80. The van der Waals surface area contributed by atoms with E-state index in [1.165, 1.54) is 17.4 Å². The van der Waals surface area contributed by atoms with Crippen LogP contribution in [0.1, 0.15) is 35.3 Å². The number of carbonyl (C=O) groups excluding carboxylic acids is 2. The van der Waals surface area contributed by atoms with Crippen LogP contribution in [0.25, 0.3) is 10.4 Å². The molecule has 148 valence electrons. The number of thiazole rings is 1. The molecule has 0 unspecified atom stereocenters. The third-order valence-corrected chi connectivity index (χ3v) is 7.02. The maximum atomic E-state index is 14.2. The van der Waals surface area contributed by atoms with E-state index in [4.69, 9.17) is 5.73 Å². The van der Waals surface area contributed by atoms with E-state index in [9.17, 15) is 14.0 Å². The minimum atomic E-state index is -0.585. The summed E-state index contributed by atoms with van der Waals surface area (Å²) in [5, 5.41) is 0.652. The number of aromatic nitrogens is 1. The number of nitrogens with zero attached hydrogens (tertiary/aromatic N) is 3. The van der Waals surface area contributed by atoms with Crippen LogP contribution in [0.15, 0.2) is 18.2 Å². The van der Waals surface area contributed by atoms with Gasteiger partial charge in [0, 0.05) is 20.1 Å². The van der Waals surface area contributed by atoms with E-state index in [0.717, 1.165) is 19.3 Å². The number of likely N-dealkylation sites (tertiary alicyclic amines) is 1. The van der Waals surface area contributed by atoms with E-state index in [-0.39, 0.29) is 29.4 Å². The van der Waals surface area contributed by atoms with Crippen molar-refractivity contribution in [1.29, 1.82) is 0 Å². The van der Waals surface area contributed by atoms with Gasteiger partial charge in [0.05, 0.1) is 4.88 Å². The second-order valence-electron chi connectivity index (χ2n) is 7.82. The monoisotopic (exact) mass is 402 g/mol. The molecule has 2 amide bonds. The minimum absolute atomic E-state index is 0.0158. The molecule has 2 fully saturated rings. The maximum Gasteiger partial charge on any atom is 0.275 e. The van der Waals surface area contributed by atoms with Crippen LogP contribution in [0.4, 0.5) is 9.52 Å². The Kier molecular flexibility index (Phi) is 4.61. The van der Waals surface area contributed by atoms with E-state index < -0.39 is 11.9 Å². The molecule has 2 aromatic rings. The third-order valence-electron chi connectivity index (χ3n) is 5.75. The van der Waals surface area contributed by atoms with Gasteiger partial charge in [-0.2, -0.15) is 0 Å². The van der Waals surface area contributed by atoms with Gasteiger partial charge in [-0.25, -0.2) is 9.37 Å². The molecule has 4 rings (SSSR count). The van der Waals surface area contributed by atoms with Gasteiger partial charge in [0.25, 0.3) is 5.91 Å². The Morgan fingerprint density at radius 3 is 2.71 bits per heavy atom. The third kappa shape index (κ3) is 2.96. The molecule has 1 saturated heterocycles. The van der Waals surface area contributed by atoms with Gasteiger partial charge >= 0.3 is 0 Å². The van der Waals surface area contributed by atoms with Gasteiger partial charge < -0.3 is 15.5 Å². The molecule has 2 heterocycles. The summed E-state index contributed by atoms with van der Waals surface area (Å²) in [6.07, 6.45) is 2.59. The molecule has 2 bridgehead atoms. The summed E-state index contributed by atoms with van der Waals surface area (Å²) in [5.74, 6) is -0.965. The van der Waals surface area contributed by atoms with Crippen LogP contribution < -0.4 is 10.6 Å². The largest absolute Gasteiger partial charge is 0.368 e. The highest BCUT2D eigenvalue weighted by Crippen LogP contribution is 2.44. The van der Waals surface area contributed by atoms with Gasteiger partial charge in [0.1, 0.15) is 17.6 Å². The fourth-order valence-electron chi connectivity index (χ4n) is 4.34. The molecular weight excluding hydrogens is 379 g/mol. The van der Waals surface area contributed by atoms with Crippen LogP contribution in [-0.2, 0) is 4.79 Å². The number of benzene rings is 1. The van der Waals surface area contributed by atoms with Crippen molar-refractivity contribution in [2.45, 2.75) is 38.3 Å². The van der Waals surface area contributed by atoms with Gasteiger partial charge in [-0.1, -0.05) is 23.5 Å². The molecule has 2 N–H and O–H groups in total. The molecule has 2 aliphatic rings. The predicted molar refractivity (Wildman–Crippen MR) is 107 cm³/mol. The summed E-state index contributed by atoms with van der Waals surface area (Å²) in [4.78, 5) is 34.1. The Bertz CT molecular complexity index is 958. The number of carbonyl (C=O) groups is 2. The van der Waals surface area contributed by atoms with E-state index >= 15 is 0 Å². The number of halogens is 1. The summed E-state index contributed by atoms with van der Waals surface area (Å²) in [6, 6.07) is 4.35. The van der Waals surface area contributed by atoms with E-state index in [0.29, 0.717) is 21.1 Å². The normalized spacial score (nSPS) is 23.3. The number of hydrogen-bond acceptors (Lipinski definition) is 5. The van der Waals surface area contributed by atoms with E-state index in [1.54, 1.807) is 24.0 Å². The van der Waals surface area contributed by atoms with Crippen LogP contribution >= 0.6 is 11.3 Å². The highest BCUT2D eigenvalue weighted by Gasteiger charge is 2.51. The fourth-order valence-corrected chi connectivity index (χ4v) is 5.32. The first kappa shape index (κ1) is 18.9. The van der Waals surface area contributed by atoms with Crippen LogP contribution in [-0.4, -0.2) is 47.9 Å². The van der Waals surface area contributed by atoms with Crippen molar-refractivity contribution in [3.8, 4) is 10.4 Å². The topological polar surface area (TPSA) is 79.5 Å². The van der Waals surface area contributed by atoms with E-state index in [2.05, 4.69) is 4.98 Å². The lowest BCUT2D eigenvalue weighted by atomic mass is 9.97. The van der Waals surface area contributed by atoms with Crippen LogP contribution in [0.2, 0.25) is 0 Å². The number of amides is 2. The molecule has 1 aliphatic carbocycles. The van der Waals surface area contributed by atoms with Crippen LogP contribution in [0.3, 0.4) is 0 Å². The van der Waals surface area contributed by atoms with Crippen molar-refractivity contribution >= 4 is 28.3 Å². The molecule has 6 nitrogen and oxygen atoms in total. The predicted octanol–water partition coefficient (Wildman–Crippen LogP) is 2.80. The lowest BCUT2D eigenvalue weighted by Crippen LogP contribution is -2.51. The number of fused-ring (bicyclic) bond motifs is 2. The Balaban J connectivity index is 1.79. The van der Waals surface area contributed by atoms with Crippen LogP contribution in [0.5, 0.6) is 0 Å². The lowest BCUT2D eigenvalue weighted by molar-refractivity contribution is -0.123. The van der Waals surface area contributed by atoms with E-state index in [1.807, 2.05) is 19.0 Å². The van der Waals surface area contributed by atoms with Gasteiger partial charge in [0.15, 0.2) is 5.13 Å². The van der Waals surface area contributed by atoms with Crippen LogP contribution in [0, 0.1) is 18.7 Å². The average Bonchev–Trinajstić information content (AvgIpc) is 3.36. The quantitative estimate of drug-likeness (QED) is 0.853. The Hall–Kier alpha value is -2.48. The molecule has 1 aliphatic heterocycles. The van der Waals surface area contributed by atoms with Crippen molar-refractivity contribution in [3.05, 3.63) is 35.3 Å². The molecule has 0 radical (unpaired) electrons. The zero-order valence-electron chi connectivity index (χ0n) is 16.1. The number of anilines is 1. The number of aryl methyl sites for hydroxylation is 1. The highest BCUT2D eigenvalue weighted by atomic mass is 32.1. The van der Waals surface area contributed by atoms with Gasteiger partial charge in [0.2, 0.25) is 5.91 Å². The summed E-state index contributed by atoms with van der Waals surface area (Å²) in [5.41, 5.74) is 7.03. The summed E-state index contributed by atoms with van der Waals surface area (Å²) >= 11 is 1.34. The number of hydrogen-bond donors (Lipinski definition) is 1. The SMILES string of the molecule is Cc1ccc(-c2sc(N(C)C)nc2C(=O)N2[C@H]3CC[C@H](C3)[C@@H]2C(N)=O)cc1F. The Labute approximate surface area is 167 Å². The zero-order chi connectivity index (χ0) is 20.2. The standard InChI is InChI=1S/C20H23FN4O2S/c1-10-4-5-12(9-14(10)21)17-15(23-20(28-17)24(2)3)19(27)25-13-7-6-11(8-13)16(25)18(22)26/h4-5,9,11,13,16H,6-8H2,1-3H3,(H2,22,26)/t11-,13+,16-/m1/s1. The minimum Gasteiger partial charge on any atom is -0.368 e. The molecule has 1 saturated carbocycles. The highest BCUT2D eigenvalue weighted by molar-refractivity contribution is 7.19. The Morgan fingerprint density at radius 2 is 2.07 bits per heavy atom. The number of nitrogens with two attached hydrogens (primary N) is 1. The molecule has 0 spiro atoms. The van der Waals surface area contributed by atoms with Crippen molar-refractivity contribution in [1.82, 2.24) is 9.88 Å². The maximum absolute atomic E-state index is 14.2. The van der Waals surface area contributed by atoms with Gasteiger partial charge in [-0.05, 0) is 49.3 Å². The molecule has 1 aromatic heterocycles. The smallest absolute Gasteiger partial charge is 0.275 e. The number of piperidine rings is 1. The number of rotatable bonds is 4. The van der Waals surface area contributed by atoms with Crippen molar-refractivity contribution < 1.29 is 14.0 Å². The molecule has 1 aromatic carbocycles. The first-order valence-corrected chi connectivity index (χ1v) is 10.2. The second kappa shape index (κ2) is 6.84. The summed E-state index contributed by atoms with van der Waals surface area (Å²) in [7, 11) is 3.69. The first-order chi connectivity index (χ1) is 13.3. The zero-order valence-corrected chi connectivity index (χ0v) is 16.9. The molecule has 3 atom stereocenters. The van der Waals surface area contributed by atoms with Crippen molar-refractivity contribution in [2.24, 2.45) is 11.7 Å². The first-order valence-electron chi connectivity index (χ1n) is 9.34. The van der Waals surface area contributed by atoms with Gasteiger partial charge in [-0.3, -0.25) is 9.59 Å². The Morgan fingerprint density at radius 1 is 1.32 bits per heavy atom. The number of primary amides is 1. The summed E-state index contributed by atoms with van der Waals surface area (Å²) < 4.78 is 14.2. The average molecular weight is 402 g/mol. The molecular formula is C20H23FN4O2S. The van der Waals surface area contributed by atoms with Gasteiger partial charge in [-0.15, -0.1) is 0 Å². The summed E-state index contributed by atoms with van der Waals surface area (Å²) in [6.45, 7) is 1.70. The lowest BCUT2D eigenvalue weighted by Gasteiger charge is -2.33.